The van der Waals surface area contributed by atoms with Gasteiger partial charge in [0.1, 0.15) is 17.4 Å². The summed E-state index contributed by atoms with van der Waals surface area (Å²) < 4.78 is 34.7. The first-order chi connectivity index (χ1) is 14.5. The van der Waals surface area contributed by atoms with Crippen LogP contribution in [-0.2, 0) is 13.3 Å². The molecule has 0 aliphatic heterocycles. The van der Waals surface area contributed by atoms with Gasteiger partial charge in [-0.15, -0.1) is 0 Å². The van der Waals surface area contributed by atoms with Crippen molar-refractivity contribution in [1.29, 1.82) is 0 Å². The number of nitrogens with zero attached hydrogens (tertiary/aromatic N) is 4. The lowest BCUT2D eigenvalue weighted by molar-refractivity contribution is 0.102. The number of aromatic nitrogens is 4. The molecule has 30 heavy (non-hydrogen) atoms. The van der Waals surface area contributed by atoms with E-state index >= 15 is 0 Å². The van der Waals surface area contributed by atoms with Crippen LogP contribution in [0.3, 0.4) is 0 Å². The molecule has 152 valence electrons. The van der Waals surface area contributed by atoms with Crippen LogP contribution in [0.2, 0.25) is 0 Å². The summed E-state index contributed by atoms with van der Waals surface area (Å²) in [4.78, 5) is 12.4. The lowest BCUT2D eigenvalue weighted by atomic mass is 10.2. The first kappa shape index (κ1) is 19.3. The monoisotopic (exact) mass is 409 g/mol. The van der Waals surface area contributed by atoms with E-state index in [0.717, 1.165) is 5.56 Å². The molecule has 4 aromatic rings. The second-order valence-corrected chi connectivity index (χ2v) is 6.48. The minimum atomic E-state index is -0.402. The predicted molar refractivity (Wildman–Crippen MR) is 105 cm³/mol. The summed E-state index contributed by atoms with van der Waals surface area (Å²) in [7, 11) is 0. The first-order valence-electron chi connectivity index (χ1n) is 9.05. The highest BCUT2D eigenvalue weighted by Gasteiger charge is 2.11. The zero-order valence-corrected chi connectivity index (χ0v) is 15.7. The molecule has 1 N–H and O–H groups in total. The summed E-state index contributed by atoms with van der Waals surface area (Å²) in [6.45, 7) is 0.452. The van der Waals surface area contributed by atoms with Crippen LogP contribution >= 0.6 is 0 Å². The molecular weight excluding hydrogens is 392 g/mol. The molecule has 7 nitrogen and oxygen atoms in total. The Morgan fingerprint density at radius 1 is 1.03 bits per heavy atom. The highest BCUT2D eigenvalue weighted by molar-refractivity contribution is 6.02. The summed E-state index contributed by atoms with van der Waals surface area (Å²) in [6, 6.07) is 13.4. The van der Waals surface area contributed by atoms with Crippen molar-refractivity contribution in [3.05, 3.63) is 96.1 Å². The van der Waals surface area contributed by atoms with Crippen molar-refractivity contribution in [1.82, 2.24) is 19.6 Å². The Hall–Kier alpha value is -4.01. The Morgan fingerprint density at radius 2 is 1.87 bits per heavy atom. The quantitative estimate of drug-likeness (QED) is 0.505. The Bertz CT molecular complexity index is 1150. The SMILES string of the molecule is O=C(Nc1cnn(Cc2cccc(F)c2)c1)c1ccn(COc2ccc(F)cc2)n1. The van der Waals surface area contributed by atoms with Gasteiger partial charge in [-0.1, -0.05) is 12.1 Å². The maximum atomic E-state index is 13.3. The molecule has 0 radical (unpaired) electrons. The molecule has 0 fully saturated rings. The highest BCUT2D eigenvalue weighted by atomic mass is 19.1. The van der Waals surface area contributed by atoms with Gasteiger partial charge >= 0.3 is 0 Å². The molecular formula is C21H17F2N5O2. The fourth-order valence-corrected chi connectivity index (χ4v) is 2.76. The summed E-state index contributed by atoms with van der Waals surface area (Å²) >= 11 is 0. The second kappa shape index (κ2) is 8.56. The number of rotatable bonds is 7. The van der Waals surface area contributed by atoms with Crippen molar-refractivity contribution < 1.29 is 18.3 Å². The summed E-state index contributed by atoms with van der Waals surface area (Å²) in [5.41, 5.74) is 1.46. The third-order valence-electron chi connectivity index (χ3n) is 4.18. The zero-order chi connectivity index (χ0) is 20.9. The topological polar surface area (TPSA) is 74.0 Å². The highest BCUT2D eigenvalue weighted by Crippen LogP contribution is 2.13. The van der Waals surface area contributed by atoms with Gasteiger partial charge in [-0.3, -0.25) is 9.48 Å². The number of carbonyl (C=O) groups is 1. The van der Waals surface area contributed by atoms with E-state index in [-0.39, 0.29) is 24.1 Å². The number of ether oxygens (including phenoxy) is 1. The van der Waals surface area contributed by atoms with Crippen molar-refractivity contribution in [2.75, 3.05) is 5.32 Å². The number of nitrogens with one attached hydrogen (secondary N) is 1. The molecule has 0 unspecified atom stereocenters. The number of carbonyl (C=O) groups excluding carboxylic acids is 1. The summed E-state index contributed by atoms with van der Waals surface area (Å²) in [5, 5.41) is 11.0. The molecule has 0 spiro atoms. The number of halogens is 2. The fourth-order valence-electron chi connectivity index (χ4n) is 2.76. The van der Waals surface area contributed by atoms with Crippen LogP contribution in [-0.4, -0.2) is 25.5 Å². The number of hydrogen-bond donors (Lipinski definition) is 1. The van der Waals surface area contributed by atoms with Gasteiger partial charge in [0, 0.05) is 12.4 Å². The van der Waals surface area contributed by atoms with Gasteiger partial charge in [-0.2, -0.15) is 10.2 Å². The van der Waals surface area contributed by atoms with Gasteiger partial charge < -0.3 is 10.1 Å². The van der Waals surface area contributed by atoms with Gasteiger partial charge in [0.15, 0.2) is 12.4 Å². The van der Waals surface area contributed by atoms with Crippen LogP contribution in [0.15, 0.2) is 73.2 Å². The normalized spacial score (nSPS) is 10.7. The largest absolute Gasteiger partial charge is 0.471 e. The molecule has 0 aliphatic carbocycles. The van der Waals surface area contributed by atoms with Gasteiger partial charge in [0.25, 0.3) is 5.91 Å². The van der Waals surface area contributed by atoms with Gasteiger partial charge in [-0.05, 0) is 48.0 Å². The van der Waals surface area contributed by atoms with E-state index in [1.54, 1.807) is 35.3 Å². The molecule has 0 saturated carbocycles. The predicted octanol–water partition coefficient (Wildman–Crippen LogP) is 3.69. The first-order valence-corrected chi connectivity index (χ1v) is 9.05. The Labute approximate surface area is 170 Å². The Balaban J connectivity index is 1.33. The Kier molecular flexibility index (Phi) is 5.51. The van der Waals surface area contributed by atoms with Gasteiger partial charge in [0.05, 0.1) is 18.4 Å². The average Bonchev–Trinajstić information content (AvgIpc) is 3.37. The van der Waals surface area contributed by atoms with Crippen LogP contribution in [0.25, 0.3) is 0 Å². The molecule has 2 aromatic heterocycles. The second-order valence-electron chi connectivity index (χ2n) is 6.48. The van der Waals surface area contributed by atoms with Crippen LogP contribution in [0.1, 0.15) is 16.1 Å². The van der Waals surface area contributed by atoms with Crippen molar-refractivity contribution in [2.24, 2.45) is 0 Å². The molecule has 4 rings (SSSR count). The maximum absolute atomic E-state index is 13.3. The van der Waals surface area contributed by atoms with Crippen molar-refractivity contribution >= 4 is 11.6 Å². The van der Waals surface area contributed by atoms with E-state index in [1.165, 1.54) is 47.3 Å². The van der Waals surface area contributed by atoms with Gasteiger partial charge in [0.2, 0.25) is 0 Å². The van der Waals surface area contributed by atoms with Crippen LogP contribution in [0.5, 0.6) is 5.75 Å². The standard InChI is InChI=1S/C21H17F2N5O2/c22-16-4-6-19(7-5-16)30-14-27-9-8-20(26-27)21(29)25-18-11-24-28(13-18)12-15-2-1-3-17(23)10-15/h1-11,13H,12,14H2,(H,25,29). The summed E-state index contributed by atoms with van der Waals surface area (Å²) in [6.07, 6.45) is 4.76. The van der Waals surface area contributed by atoms with Gasteiger partial charge in [-0.25, -0.2) is 13.5 Å². The molecule has 2 aromatic carbocycles. The average molecular weight is 409 g/mol. The van der Waals surface area contributed by atoms with Crippen LogP contribution in [0, 0.1) is 11.6 Å². The summed E-state index contributed by atoms with van der Waals surface area (Å²) in [5.74, 6) is -0.573. The molecule has 0 bridgehead atoms. The Morgan fingerprint density at radius 3 is 2.67 bits per heavy atom. The number of hydrogen-bond acceptors (Lipinski definition) is 4. The third-order valence-corrected chi connectivity index (χ3v) is 4.18. The molecule has 2 heterocycles. The van der Waals surface area contributed by atoms with Crippen molar-refractivity contribution in [3.8, 4) is 5.75 Å². The third kappa shape index (κ3) is 4.88. The van der Waals surface area contributed by atoms with E-state index < -0.39 is 5.91 Å². The van der Waals surface area contributed by atoms with Crippen LogP contribution in [0.4, 0.5) is 14.5 Å². The minimum absolute atomic E-state index is 0.0739. The molecule has 9 heteroatoms. The van der Waals surface area contributed by atoms with Crippen LogP contribution < -0.4 is 10.1 Å². The van der Waals surface area contributed by atoms with E-state index in [2.05, 4.69) is 15.5 Å². The maximum Gasteiger partial charge on any atom is 0.276 e. The molecule has 0 aliphatic rings. The number of anilines is 1. The molecule has 1 amide bonds. The smallest absolute Gasteiger partial charge is 0.276 e. The van der Waals surface area contributed by atoms with Crippen molar-refractivity contribution in [2.45, 2.75) is 13.3 Å². The zero-order valence-electron chi connectivity index (χ0n) is 15.7. The lowest BCUT2D eigenvalue weighted by Crippen LogP contribution is -2.14. The lowest BCUT2D eigenvalue weighted by Gasteiger charge is -2.05. The van der Waals surface area contributed by atoms with Crippen molar-refractivity contribution in [3.63, 3.8) is 0 Å². The number of benzene rings is 2. The molecule has 0 atom stereocenters. The molecule has 0 saturated heterocycles. The minimum Gasteiger partial charge on any atom is -0.471 e. The number of amides is 1. The van der Waals surface area contributed by atoms with E-state index in [0.29, 0.717) is 18.0 Å². The fraction of sp³-hybridized carbons (Fsp3) is 0.0952. The van der Waals surface area contributed by atoms with E-state index in [1.807, 2.05) is 0 Å². The van der Waals surface area contributed by atoms with E-state index in [9.17, 15) is 13.6 Å². The van der Waals surface area contributed by atoms with E-state index in [4.69, 9.17) is 4.74 Å².